The summed E-state index contributed by atoms with van der Waals surface area (Å²) in [6.07, 6.45) is 5.37. The third-order valence-electron chi connectivity index (χ3n) is 4.51. The highest BCUT2D eigenvalue weighted by atomic mass is 16.5. The molecule has 0 spiro atoms. The van der Waals surface area contributed by atoms with E-state index in [2.05, 4.69) is 10.3 Å². The smallest absolute Gasteiger partial charge is 0.258 e. The van der Waals surface area contributed by atoms with Crippen molar-refractivity contribution in [3.05, 3.63) is 54.4 Å². The second-order valence-electron chi connectivity index (χ2n) is 6.25. The molecule has 26 heavy (non-hydrogen) atoms. The number of amides is 1. The van der Waals surface area contributed by atoms with Gasteiger partial charge in [0.15, 0.2) is 6.61 Å². The zero-order valence-corrected chi connectivity index (χ0v) is 14.9. The van der Waals surface area contributed by atoms with Crippen LogP contribution in [0.25, 0.3) is 0 Å². The van der Waals surface area contributed by atoms with Crippen LogP contribution in [0.4, 0.5) is 0 Å². The lowest BCUT2D eigenvalue weighted by molar-refractivity contribution is -0.124. The SMILES string of the molecule is COc1cccc(OCC(=O)NC(c2cccnc2)C2CCOCC2)c1. The topological polar surface area (TPSA) is 69.7 Å². The first-order valence-electron chi connectivity index (χ1n) is 8.80. The molecule has 0 radical (unpaired) electrons. The van der Waals surface area contributed by atoms with Gasteiger partial charge in [-0.15, -0.1) is 0 Å². The van der Waals surface area contributed by atoms with Crippen molar-refractivity contribution in [2.24, 2.45) is 5.92 Å². The third kappa shape index (κ3) is 4.95. The predicted octanol–water partition coefficient (Wildman–Crippen LogP) is 2.75. The monoisotopic (exact) mass is 356 g/mol. The van der Waals surface area contributed by atoms with Crippen molar-refractivity contribution in [1.29, 1.82) is 0 Å². The van der Waals surface area contributed by atoms with Gasteiger partial charge in [-0.05, 0) is 42.5 Å². The van der Waals surface area contributed by atoms with Crippen LogP contribution in [0.5, 0.6) is 11.5 Å². The summed E-state index contributed by atoms with van der Waals surface area (Å²) in [4.78, 5) is 16.7. The van der Waals surface area contributed by atoms with Gasteiger partial charge in [-0.2, -0.15) is 0 Å². The summed E-state index contributed by atoms with van der Waals surface area (Å²) in [6.45, 7) is 1.39. The van der Waals surface area contributed by atoms with Crippen LogP contribution in [0.3, 0.4) is 0 Å². The molecule has 1 aromatic carbocycles. The van der Waals surface area contributed by atoms with Crippen molar-refractivity contribution in [2.75, 3.05) is 26.9 Å². The van der Waals surface area contributed by atoms with Gasteiger partial charge in [0.2, 0.25) is 0 Å². The zero-order valence-electron chi connectivity index (χ0n) is 14.9. The van der Waals surface area contributed by atoms with Gasteiger partial charge in [-0.3, -0.25) is 9.78 Å². The van der Waals surface area contributed by atoms with E-state index >= 15 is 0 Å². The Balaban J connectivity index is 1.63. The number of methoxy groups -OCH3 is 1. The Morgan fingerprint density at radius 2 is 2.08 bits per heavy atom. The number of pyridine rings is 1. The molecule has 2 aromatic rings. The van der Waals surface area contributed by atoms with Crippen LogP contribution in [-0.2, 0) is 9.53 Å². The van der Waals surface area contributed by atoms with Gasteiger partial charge < -0.3 is 19.5 Å². The van der Waals surface area contributed by atoms with Crippen molar-refractivity contribution >= 4 is 5.91 Å². The van der Waals surface area contributed by atoms with E-state index in [4.69, 9.17) is 14.2 Å². The van der Waals surface area contributed by atoms with Crippen molar-refractivity contribution in [1.82, 2.24) is 10.3 Å². The van der Waals surface area contributed by atoms with E-state index in [0.717, 1.165) is 31.6 Å². The summed E-state index contributed by atoms with van der Waals surface area (Å²) in [5.41, 5.74) is 1.01. The Morgan fingerprint density at radius 3 is 2.81 bits per heavy atom. The van der Waals surface area contributed by atoms with Gasteiger partial charge in [0, 0.05) is 31.7 Å². The van der Waals surface area contributed by atoms with Crippen molar-refractivity contribution in [3.8, 4) is 11.5 Å². The first-order chi connectivity index (χ1) is 12.8. The van der Waals surface area contributed by atoms with E-state index in [-0.39, 0.29) is 18.6 Å². The normalized spacial score (nSPS) is 15.9. The highest BCUT2D eigenvalue weighted by molar-refractivity contribution is 5.78. The Hall–Kier alpha value is -2.60. The number of carbonyl (C=O) groups is 1. The van der Waals surface area contributed by atoms with Crippen molar-refractivity contribution in [3.63, 3.8) is 0 Å². The minimum absolute atomic E-state index is 0.0485. The minimum atomic E-state index is -0.159. The number of hydrogen-bond acceptors (Lipinski definition) is 5. The highest BCUT2D eigenvalue weighted by Gasteiger charge is 2.27. The lowest BCUT2D eigenvalue weighted by atomic mass is 9.87. The van der Waals surface area contributed by atoms with Crippen LogP contribution in [-0.4, -0.2) is 37.8 Å². The average molecular weight is 356 g/mol. The van der Waals surface area contributed by atoms with Crippen LogP contribution in [0.15, 0.2) is 48.8 Å². The number of benzene rings is 1. The molecule has 1 aliphatic heterocycles. The molecule has 0 bridgehead atoms. The minimum Gasteiger partial charge on any atom is -0.497 e. The molecule has 1 saturated heterocycles. The van der Waals surface area contributed by atoms with Crippen LogP contribution >= 0.6 is 0 Å². The molecule has 1 unspecified atom stereocenters. The third-order valence-corrected chi connectivity index (χ3v) is 4.51. The summed E-state index contributed by atoms with van der Waals surface area (Å²) < 4.78 is 16.2. The van der Waals surface area contributed by atoms with E-state index in [1.165, 1.54) is 0 Å². The maximum absolute atomic E-state index is 12.5. The number of nitrogens with zero attached hydrogens (tertiary/aromatic N) is 1. The van der Waals surface area contributed by atoms with Gasteiger partial charge >= 0.3 is 0 Å². The van der Waals surface area contributed by atoms with Crippen LogP contribution in [0.2, 0.25) is 0 Å². The maximum atomic E-state index is 12.5. The number of carbonyl (C=O) groups excluding carboxylic acids is 1. The van der Waals surface area contributed by atoms with Gasteiger partial charge in [0.05, 0.1) is 13.2 Å². The molecule has 0 aliphatic carbocycles. The Kier molecular flexibility index (Phi) is 6.44. The highest BCUT2D eigenvalue weighted by Crippen LogP contribution is 2.29. The van der Waals surface area contributed by atoms with Crippen LogP contribution in [0, 0.1) is 5.92 Å². The summed E-state index contributed by atoms with van der Waals surface area (Å²) in [5, 5.41) is 3.11. The molecule has 3 rings (SSSR count). The lowest BCUT2D eigenvalue weighted by Gasteiger charge is -2.31. The fourth-order valence-corrected chi connectivity index (χ4v) is 3.14. The molecule has 1 atom stereocenters. The molecule has 1 aliphatic rings. The number of ether oxygens (including phenoxy) is 3. The van der Waals surface area contributed by atoms with Crippen molar-refractivity contribution in [2.45, 2.75) is 18.9 Å². The van der Waals surface area contributed by atoms with Crippen LogP contribution < -0.4 is 14.8 Å². The molecule has 1 amide bonds. The quantitative estimate of drug-likeness (QED) is 0.826. The van der Waals surface area contributed by atoms with E-state index in [1.807, 2.05) is 30.5 Å². The average Bonchev–Trinajstić information content (AvgIpc) is 2.72. The molecular weight excluding hydrogens is 332 g/mol. The number of nitrogens with one attached hydrogen (secondary N) is 1. The molecule has 138 valence electrons. The summed E-state index contributed by atoms with van der Waals surface area (Å²) in [7, 11) is 1.60. The van der Waals surface area contributed by atoms with E-state index in [0.29, 0.717) is 17.4 Å². The molecule has 0 saturated carbocycles. The van der Waals surface area contributed by atoms with Crippen molar-refractivity contribution < 1.29 is 19.0 Å². The Bertz CT molecular complexity index is 702. The predicted molar refractivity (Wildman–Crippen MR) is 97.2 cm³/mol. The molecule has 6 heteroatoms. The van der Waals surface area contributed by atoms with Gasteiger partial charge in [-0.1, -0.05) is 12.1 Å². The standard InChI is InChI=1S/C20H24N2O4/c1-24-17-5-2-6-18(12-17)26-14-19(23)22-20(15-7-10-25-11-8-15)16-4-3-9-21-13-16/h2-6,9,12-13,15,20H,7-8,10-11,14H2,1H3,(H,22,23). The van der Waals surface area contributed by atoms with Gasteiger partial charge in [-0.25, -0.2) is 0 Å². The van der Waals surface area contributed by atoms with Gasteiger partial charge in [0.1, 0.15) is 11.5 Å². The van der Waals surface area contributed by atoms with E-state index in [1.54, 1.807) is 25.4 Å². The first-order valence-corrected chi connectivity index (χ1v) is 8.80. The number of aromatic nitrogens is 1. The summed E-state index contributed by atoms with van der Waals surface area (Å²) >= 11 is 0. The molecule has 6 nitrogen and oxygen atoms in total. The maximum Gasteiger partial charge on any atom is 0.258 e. The molecule has 2 heterocycles. The molecular formula is C20H24N2O4. The number of hydrogen-bond donors (Lipinski definition) is 1. The fourth-order valence-electron chi connectivity index (χ4n) is 3.14. The van der Waals surface area contributed by atoms with Crippen LogP contribution in [0.1, 0.15) is 24.4 Å². The van der Waals surface area contributed by atoms with E-state index < -0.39 is 0 Å². The van der Waals surface area contributed by atoms with E-state index in [9.17, 15) is 4.79 Å². The molecule has 1 fully saturated rings. The Labute approximate surface area is 153 Å². The second-order valence-corrected chi connectivity index (χ2v) is 6.25. The summed E-state index contributed by atoms with van der Waals surface area (Å²) in [5.74, 6) is 1.46. The first kappa shape index (κ1) is 18.2. The molecule has 1 aromatic heterocycles. The fraction of sp³-hybridized carbons (Fsp3) is 0.400. The zero-order chi connectivity index (χ0) is 18.2. The number of rotatable bonds is 7. The largest absolute Gasteiger partial charge is 0.497 e. The summed E-state index contributed by atoms with van der Waals surface area (Å²) in [6, 6.07) is 11.0. The Morgan fingerprint density at radius 1 is 1.27 bits per heavy atom. The second kappa shape index (κ2) is 9.20. The molecule has 1 N–H and O–H groups in total. The van der Waals surface area contributed by atoms with Gasteiger partial charge in [0.25, 0.3) is 5.91 Å². The lowest BCUT2D eigenvalue weighted by Crippen LogP contribution is -2.38.